The number of carbonyl (C=O) groups is 3. The van der Waals surface area contributed by atoms with Crippen LogP contribution in [0.4, 0.5) is 5.69 Å². The Morgan fingerprint density at radius 2 is 1.76 bits per heavy atom. The van der Waals surface area contributed by atoms with Crippen LogP contribution in [0.15, 0.2) is 48.6 Å². The molecule has 5 rings (SSSR count). The van der Waals surface area contributed by atoms with Crippen LogP contribution in [-0.4, -0.2) is 87.6 Å². The fourth-order valence-electron chi connectivity index (χ4n) is 6.54. The molecule has 9 heteroatoms. The number of anilines is 1. The van der Waals surface area contributed by atoms with E-state index in [0.29, 0.717) is 31.1 Å². The third-order valence-electron chi connectivity index (χ3n) is 8.19. The molecule has 4 heterocycles. The standard InChI is InChI=1S/C28H35N3O5S/c1-5-14-29-15-6-12-27(3)21(24(29)33)22-25(34)31(18(2)17-32)23-26(35)30(16-7-13-28(22,23)37-27)19-8-10-20(36-4)11-9-19/h6-13,18,21-23,32H,5,14-17H2,1-4H3/t18-,21+,22+,23?,27-,28+/m1/s1. The second-order valence-electron chi connectivity index (χ2n) is 10.5. The van der Waals surface area contributed by atoms with Crippen LogP contribution >= 0.6 is 11.8 Å². The molecule has 1 unspecified atom stereocenters. The molecule has 1 aromatic carbocycles. The number of nitrogens with zero attached hydrogens (tertiary/aromatic N) is 3. The van der Waals surface area contributed by atoms with Gasteiger partial charge in [-0.3, -0.25) is 14.4 Å². The zero-order valence-corrected chi connectivity index (χ0v) is 22.6. The number of hydrogen-bond donors (Lipinski definition) is 1. The van der Waals surface area contributed by atoms with Gasteiger partial charge in [-0.2, -0.15) is 0 Å². The third kappa shape index (κ3) is 3.81. The highest BCUT2D eigenvalue weighted by Gasteiger charge is 2.74. The van der Waals surface area contributed by atoms with E-state index >= 15 is 0 Å². The first-order valence-electron chi connectivity index (χ1n) is 12.9. The number of methoxy groups -OCH3 is 1. The number of fused-ring (bicyclic) bond motifs is 2. The average molecular weight is 526 g/mol. The molecule has 1 spiro atoms. The van der Waals surface area contributed by atoms with Crippen LogP contribution in [0, 0.1) is 11.8 Å². The third-order valence-corrected chi connectivity index (χ3v) is 9.99. The van der Waals surface area contributed by atoms with Crippen molar-refractivity contribution in [1.82, 2.24) is 9.80 Å². The summed E-state index contributed by atoms with van der Waals surface area (Å²) in [6.07, 6.45) is 8.87. The summed E-state index contributed by atoms with van der Waals surface area (Å²) in [4.78, 5) is 47.6. The molecule has 0 aliphatic carbocycles. The molecular formula is C28H35N3O5S. The maximum absolute atomic E-state index is 14.4. The van der Waals surface area contributed by atoms with Gasteiger partial charge in [-0.1, -0.05) is 31.2 Å². The summed E-state index contributed by atoms with van der Waals surface area (Å²) in [7, 11) is 1.59. The summed E-state index contributed by atoms with van der Waals surface area (Å²) in [5.41, 5.74) is 0.702. The highest BCUT2D eigenvalue weighted by Crippen LogP contribution is 2.65. The van der Waals surface area contributed by atoms with Gasteiger partial charge in [0.15, 0.2) is 0 Å². The molecule has 2 fully saturated rings. The Balaban J connectivity index is 1.63. The van der Waals surface area contributed by atoms with Crippen molar-refractivity contribution in [2.45, 2.75) is 48.8 Å². The first-order chi connectivity index (χ1) is 17.7. The molecular weight excluding hydrogens is 490 g/mol. The number of amides is 3. The quantitative estimate of drug-likeness (QED) is 0.574. The number of hydrogen-bond acceptors (Lipinski definition) is 6. The maximum Gasteiger partial charge on any atom is 0.251 e. The van der Waals surface area contributed by atoms with E-state index in [1.807, 2.05) is 49.1 Å². The van der Waals surface area contributed by atoms with E-state index in [1.165, 1.54) is 0 Å². The van der Waals surface area contributed by atoms with Crippen molar-refractivity contribution in [2.24, 2.45) is 11.8 Å². The van der Waals surface area contributed by atoms with Crippen molar-refractivity contribution in [3.8, 4) is 5.75 Å². The van der Waals surface area contributed by atoms with Crippen LogP contribution in [0.5, 0.6) is 5.75 Å². The Labute approximate surface area is 222 Å². The molecule has 2 saturated heterocycles. The van der Waals surface area contributed by atoms with E-state index in [0.717, 1.165) is 6.42 Å². The first kappa shape index (κ1) is 25.9. The van der Waals surface area contributed by atoms with Gasteiger partial charge in [0.25, 0.3) is 5.91 Å². The van der Waals surface area contributed by atoms with Crippen molar-refractivity contribution < 1.29 is 24.2 Å². The van der Waals surface area contributed by atoms with Crippen molar-refractivity contribution in [3.63, 3.8) is 0 Å². The molecule has 4 aliphatic heterocycles. The normalized spacial score (nSPS) is 33.7. The Morgan fingerprint density at radius 3 is 2.41 bits per heavy atom. The van der Waals surface area contributed by atoms with Gasteiger partial charge in [0, 0.05) is 30.1 Å². The van der Waals surface area contributed by atoms with Crippen molar-refractivity contribution in [2.75, 3.05) is 38.3 Å². The molecule has 0 aromatic heterocycles. The number of likely N-dealkylation sites (tertiary alicyclic amines) is 1. The summed E-state index contributed by atoms with van der Waals surface area (Å²) in [6.45, 7) is 7.03. The van der Waals surface area contributed by atoms with E-state index < -0.39 is 33.4 Å². The summed E-state index contributed by atoms with van der Waals surface area (Å²) < 4.78 is 3.72. The minimum Gasteiger partial charge on any atom is -0.497 e. The van der Waals surface area contributed by atoms with Crippen LogP contribution < -0.4 is 9.64 Å². The van der Waals surface area contributed by atoms with Crippen LogP contribution in [0.25, 0.3) is 0 Å². The highest BCUT2D eigenvalue weighted by atomic mass is 32.2. The number of rotatable bonds is 6. The van der Waals surface area contributed by atoms with E-state index in [9.17, 15) is 19.5 Å². The number of aliphatic hydroxyl groups is 1. The predicted molar refractivity (Wildman–Crippen MR) is 143 cm³/mol. The second kappa shape index (κ2) is 9.51. The van der Waals surface area contributed by atoms with Crippen molar-refractivity contribution >= 4 is 35.2 Å². The van der Waals surface area contributed by atoms with Crippen LogP contribution in [0.1, 0.15) is 27.2 Å². The van der Waals surface area contributed by atoms with E-state index in [1.54, 1.807) is 47.7 Å². The lowest BCUT2D eigenvalue weighted by atomic mass is 9.74. The second-order valence-corrected chi connectivity index (χ2v) is 12.3. The van der Waals surface area contributed by atoms with Gasteiger partial charge in [0.05, 0.1) is 36.3 Å². The molecule has 0 saturated carbocycles. The number of aliphatic hydroxyl groups excluding tert-OH is 1. The molecule has 3 amide bonds. The number of ether oxygens (including phenoxy) is 1. The monoisotopic (exact) mass is 525 g/mol. The minimum absolute atomic E-state index is 0.0357. The maximum atomic E-state index is 14.4. The molecule has 1 aromatic rings. The molecule has 0 bridgehead atoms. The fraction of sp³-hybridized carbons (Fsp3) is 0.536. The number of carbonyl (C=O) groups excluding carboxylic acids is 3. The summed E-state index contributed by atoms with van der Waals surface area (Å²) in [6, 6.07) is 5.86. The Hall–Kier alpha value is -2.78. The molecule has 6 atom stereocenters. The summed E-state index contributed by atoms with van der Waals surface area (Å²) in [5, 5.41) is 10.1. The van der Waals surface area contributed by atoms with Gasteiger partial charge >= 0.3 is 0 Å². The lowest BCUT2D eigenvalue weighted by Gasteiger charge is -2.38. The molecule has 37 heavy (non-hydrogen) atoms. The zero-order valence-electron chi connectivity index (χ0n) is 21.8. The lowest BCUT2D eigenvalue weighted by Crippen LogP contribution is -2.56. The van der Waals surface area contributed by atoms with Gasteiger partial charge in [-0.15, -0.1) is 11.8 Å². The smallest absolute Gasteiger partial charge is 0.251 e. The average Bonchev–Trinajstić information content (AvgIpc) is 3.17. The van der Waals surface area contributed by atoms with Crippen molar-refractivity contribution in [1.29, 1.82) is 0 Å². The Morgan fingerprint density at radius 1 is 1.05 bits per heavy atom. The molecule has 198 valence electrons. The van der Waals surface area contributed by atoms with Gasteiger partial charge in [-0.25, -0.2) is 0 Å². The topological polar surface area (TPSA) is 90.4 Å². The van der Waals surface area contributed by atoms with Gasteiger partial charge < -0.3 is 24.5 Å². The Bertz CT molecular complexity index is 1150. The van der Waals surface area contributed by atoms with Crippen LogP contribution in [-0.2, 0) is 14.4 Å². The van der Waals surface area contributed by atoms with E-state index in [2.05, 4.69) is 6.08 Å². The van der Waals surface area contributed by atoms with E-state index in [4.69, 9.17) is 4.74 Å². The molecule has 8 nitrogen and oxygen atoms in total. The zero-order chi connectivity index (χ0) is 26.5. The fourth-order valence-corrected chi connectivity index (χ4v) is 8.68. The van der Waals surface area contributed by atoms with Crippen LogP contribution in [0.3, 0.4) is 0 Å². The highest BCUT2D eigenvalue weighted by molar-refractivity contribution is 8.02. The summed E-state index contributed by atoms with van der Waals surface area (Å²) >= 11 is 1.56. The SMILES string of the molecule is CCCN1CC=C[C@@]2(C)S[C@]34C=CCN(c5ccc(OC)cc5)C(=O)C3N([C@H](C)CO)C(=O)[C@@H]4[C@H]2C1=O. The molecule has 0 radical (unpaired) electrons. The Kier molecular flexibility index (Phi) is 6.64. The minimum atomic E-state index is -0.923. The first-order valence-corrected chi connectivity index (χ1v) is 13.8. The van der Waals surface area contributed by atoms with Gasteiger partial charge in [0.2, 0.25) is 11.8 Å². The lowest BCUT2D eigenvalue weighted by molar-refractivity contribution is -0.145. The predicted octanol–water partition coefficient (Wildman–Crippen LogP) is 2.47. The van der Waals surface area contributed by atoms with E-state index in [-0.39, 0.29) is 24.3 Å². The van der Waals surface area contributed by atoms with Crippen LogP contribution in [0.2, 0.25) is 0 Å². The number of benzene rings is 1. The number of thioether (sulfide) groups is 1. The van der Waals surface area contributed by atoms with Gasteiger partial charge in [0.1, 0.15) is 11.8 Å². The largest absolute Gasteiger partial charge is 0.497 e. The molecule has 4 aliphatic rings. The summed E-state index contributed by atoms with van der Waals surface area (Å²) in [5.74, 6) is -1.09. The molecule has 1 N–H and O–H groups in total. The van der Waals surface area contributed by atoms with Crippen molar-refractivity contribution in [3.05, 3.63) is 48.6 Å². The van der Waals surface area contributed by atoms with Gasteiger partial charge in [-0.05, 0) is 44.5 Å².